The largest absolute Gasteiger partial charge is 0.423 e. The predicted octanol–water partition coefficient (Wildman–Crippen LogP) is 3.99. The molecule has 2 nitrogen and oxygen atoms in total. The molecule has 0 saturated heterocycles. The molecule has 0 spiro atoms. The van der Waals surface area contributed by atoms with Crippen molar-refractivity contribution in [1.82, 2.24) is 0 Å². The number of benzene rings is 2. The summed E-state index contributed by atoms with van der Waals surface area (Å²) in [6.45, 7) is 7.55. The molecule has 0 amide bonds. The normalized spacial score (nSPS) is 10.1. The topological polar surface area (TPSA) is 26.3 Å². The zero-order valence-corrected chi connectivity index (χ0v) is 11.8. The lowest BCUT2D eigenvalue weighted by atomic mass is 9.96. The molecule has 0 unspecified atom stereocenters. The van der Waals surface area contributed by atoms with E-state index in [9.17, 15) is 4.79 Å². The van der Waals surface area contributed by atoms with Crippen LogP contribution in [0.1, 0.15) is 22.3 Å². The molecule has 0 radical (unpaired) electrons. The number of esters is 1. The maximum absolute atomic E-state index is 11.4. The van der Waals surface area contributed by atoms with Gasteiger partial charge < -0.3 is 4.74 Å². The van der Waals surface area contributed by atoms with Crippen molar-refractivity contribution in [2.24, 2.45) is 0 Å². The molecule has 0 N–H and O–H groups in total. The Morgan fingerprint density at radius 1 is 1.15 bits per heavy atom. The van der Waals surface area contributed by atoms with Gasteiger partial charge in [0, 0.05) is 18.1 Å². The van der Waals surface area contributed by atoms with Crippen molar-refractivity contribution in [3.8, 4) is 5.75 Å². The average molecular weight is 266 g/mol. The second-order valence-electron chi connectivity index (χ2n) is 4.77. The molecule has 0 aliphatic heterocycles. The van der Waals surface area contributed by atoms with Crippen molar-refractivity contribution < 1.29 is 9.53 Å². The highest BCUT2D eigenvalue weighted by molar-refractivity contribution is 5.83. The Morgan fingerprint density at radius 3 is 2.50 bits per heavy atom. The molecule has 0 aliphatic carbocycles. The van der Waals surface area contributed by atoms with Gasteiger partial charge in [-0.25, -0.2) is 4.79 Å². The van der Waals surface area contributed by atoms with Gasteiger partial charge in [0.15, 0.2) is 0 Å². The molecule has 0 bridgehead atoms. The highest BCUT2D eigenvalue weighted by Gasteiger charge is 2.12. The SMILES string of the molecule is C=CC(=O)Oc1ccc(C)c(C)c1Cc1ccccc1. The highest BCUT2D eigenvalue weighted by Crippen LogP contribution is 2.27. The molecule has 20 heavy (non-hydrogen) atoms. The van der Waals surface area contributed by atoms with E-state index in [4.69, 9.17) is 4.74 Å². The molecule has 2 aromatic rings. The van der Waals surface area contributed by atoms with Gasteiger partial charge in [-0.3, -0.25) is 0 Å². The van der Waals surface area contributed by atoms with E-state index in [1.807, 2.05) is 30.3 Å². The van der Waals surface area contributed by atoms with Crippen LogP contribution in [0.2, 0.25) is 0 Å². The van der Waals surface area contributed by atoms with Gasteiger partial charge in [0.25, 0.3) is 0 Å². The van der Waals surface area contributed by atoms with E-state index in [2.05, 4.69) is 32.6 Å². The summed E-state index contributed by atoms with van der Waals surface area (Å²) in [5, 5.41) is 0. The van der Waals surface area contributed by atoms with E-state index in [1.54, 1.807) is 0 Å². The van der Waals surface area contributed by atoms with Crippen LogP contribution in [0.3, 0.4) is 0 Å². The molecular formula is C18H18O2. The Labute approximate surface area is 119 Å². The molecule has 2 aromatic carbocycles. The van der Waals surface area contributed by atoms with Crippen molar-refractivity contribution in [3.63, 3.8) is 0 Å². The standard InChI is InChI=1S/C18H18O2/c1-4-18(19)20-17-11-10-13(2)14(3)16(17)12-15-8-6-5-7-9-15/h4-11H,1,12H2,2-3H3. The Kier molecular flexibility index (Phi) is 4.36. The van der Waals surface area contributed by atoms with Crippen LogP contribution >= 0.6 is 0 Å². The number of carbonyl (C=O) groups excluding carboxylic acids is 1. The Morgan fingerprint density at radius 2 is 1.85 bits per heavy atom. The monoisotopic (exact) mass is 266 g/mol. The van der Waals surface area contributed by atoms with Crippen LogP contribution < -0.4 is 4.74 Å². The van der Waals surface area contributed by atoms with Crippen LogP contribution in [0.15, 0.2) is 55.1 Å². The lowest BCUT2D eigenvalue weighted by Crippen LogP contribution is -2.07. The van der Waals surface area contributed by atoms with E-state index in [0.29, 0.717) is 5.75 Å². The highest BCUT2D eigenvalue weighted by atomic mass is 16.5. The van der Waals surface area contributed by atoms with Gasteiger partial charge in [-0.05, 0) is 36.6 Å². The minimum absolute atomic E-state index is 0.428. The number of hydrogen-bond donors (Lipinski definition) is 0. The van der Waals surface area contributed by atoms with Gasteiger partial charge in [0.05, 0.1) is 0 Å². The first-order valence-electron chi connectivity index (χ1n) is 6.59. The van der Waals surface area contributed by atoms with Crippen molar-refractivity contribution in [1.29, 1.82) is 0 Å². The quantitative estimate of drug-likeness (QED) is 0.475. The van der Waals surface area contributed by atoms with Gasteiger partial charge in [-0.2, -0.15) is 0 Å². The summed E-state index contributed by atoms with van der Waals surface area (Å²) in [6, 6.07) is 14.0. The van der Waals surface area contributed by atoms with Crippen LogP contribution in [0, 0.1) is 13.8 Å². The fourth-order valence-corrected chi connectivity index (χ4v) is 2.11. The summed E-state index contributed by atoms with van der Waals surface area (Å²) in [4.78, 5) is 11.4. The van der Waals surface area contributed by atoms with Gasteiger partial charge >= 0.3 is 5.97 Å². The summed E-state index contributed by atoms with van der Waals surface area (Å²) in [7, 11) is 0. The number of rotatable bonds is 4. The second kappa shape index (κ2) is 6.20. The van der Waals surface area contributed by atoms with Gasteiger partial charge in [-0.15, -0.1) is 0 Å². The number of ether oxygens (including phenoxy) is 1. The molecule has 0 aliphatic rings. The Balaban J connectivity index is 2.40. The van der Waals surface area contributed by atoms with E-state index >= 15 is 0 Å². The molecular weight excluding hydrogens is 248 g/mol. The maximum Gasteiger partial charge on any atom is 0.335 e. The third kappa shape index (κ3) is 3.15. The zero-order chi connectivity index (χ0) is 14.5. The van der Waals surface area contributed by atoms with Gasteiger partial charge in [0.1, 0.15) is 5.75 Å². The van der Waals surface area contributed by atoms with Crippen LogP contribution in [0.4, 0.5) is 0 Å². The van der Waals surface area contributed by atoms with Crippen LogP contribution in [0.25, 0.3) is 0 Å². The number of aryl methyl sites for hydroxylation is 1. The molecule has 0 fully saturated rings. The summed E-state index contributed by atoms with van der Waals surface area (Å²) in [5.41, 5.74) is 4.58. The summed E-state index contributed by atoms with van der Waals surface area (Å²) >= 11 is 0. The zero-order valence-electron chi connectivity index (χ0n) is 11.8. The predicted molar refractivity (Wildman–Crippen MR) is 81.0 cm³/mol. The first kappa shape index (κ1) is 14.1. The van der Waals surface area contributed by atoms with Crippen molar-refractivity contribution in [2.75, 3.05) is 0 Å². The lowest BCUT2D eigenvalue weighted by Gasteiger charge is -2.14. The second-order valence-corrected chi connectivity index (χ2v) is 4.77. The first-order valence-corrected chi connectivity index (χ1v) is 6.59. The maximum atomic E-state index is 11.4. The fraction of sp³-hybridized carbons (Fsp3) is 0.167. The molecule has 0 aromatic heterocycles. The third-order valence-corrected chi connectivity index (χ3v) is 3.43. The van der Waals surface area contributed by atoms with Crippen LogP contribution in [-0.4, -0.2) is 5.97 Å². The molecule has 0 atom stereocenters. The van der Waals surface area contributed by atoms with Gasteiger partial charge in [-0.1, -0.05) is 43.0 Å². The Bertz CT molecular complexity index is 627. The van der Waals surface area contributed by atoms with E-state index in [1.165, 1.54) is 17.2 Å². The van der Waals surface area contributed by atoms with Crippen LogP contribution in [-0.2, 0) is 11.2 Å². The summed E-state index contributed by atoms with van der Waals surface area (Å²) < 4.78 is 5.35. The molecule has 2 heteroatoms. The van der Waals surface area contributed by atoms with E-state index < -0.39 is 5.97 Å². The summed E-state index contributed by atoms with van der Waals surface area (Å²) in [6.07, 6.45) is 1.93. The van der Waals surface area contributed by atoms with Crippen molar-refractivity contribution >= 4 is 5.97 Å². The van der Waals surface area contributed by atoms with Crippen LogP contribution in [0.5, 0.6) is 5.75 Å². The molecule has 2 rings (SSSR count). The minimum Gasteiger partial charge on any atom is -0.423 e. The number of hydrogen-bond acceptors (Lipinski definition) is 2. The third-order valence-electron chi connectivity index (χ3n) is 3.43. The van der Waals surface area contributed by atoms with Gasteiger partial charge in [0.2, 0.25) is 0 Å². The number of carbonyl (C=O) groups is 1. The molecule has 0 saturated carbocycles. The van der Waals surface area contributed by atoms with E-state index in [-0.39, 0.29) is 0 Å². The van der Waals surface area contributed by atoms with E-state index in [0.717, 1.165) is 17.5 Å². The molecule has 0 heterocycles. The lowest BCUT2D eigenvalue weighted by molar-refractivity contribution is -0.129. The summed E-state index contributed by atoms with van der Waals surface area (Å²) in [5.74, 6) is 0.185. The average Bonchev–Trinajstić information content (AvgIpc) is 2.47. The smallest absolute Gasteiger partial charge is 0.335 e. The minimum atomic E-state index is -0.428. The van der Waals surface area contributed by atoms with Crippen molar-refractivity contribution in [2.45, 2.75) is 20.3 Å². The Hall–Kier alpha value is -2.35. The first-order chi connectivity index (χ1) is 9.61. The fourth-order valence-electron chi connectivity index (χ4n) is 2.11. The van der Waals surface area contributed by atoms with Crippen molar-refractivity contribution in [3.05, 3.63) is 77.4 Å². The molecule has 102 valence electrons.